The quantitative estimate of drug-likeness (QED) is 0.783. The number of rotatable bonds is 6. The Labute approximate surface area is 169 Å². The van der Waals surface area contributed by atoms with Gasteiger partial charge in [-0.2, -0.15) is 4.31 Å². The van der Waals surface area contributed by atoms with E-state index < -0.39 is 10.0 Å². The van der Waals surface area contributed by atoms with Crippen LogP contribution in [0.15, 0.2) is 29.2 Å². The smallest absolute Gasteiger partial charge is 0.243 e. The van der Waals surface area contributed by atoms with E-state index >= 15 is 0 Å². The van der Waals surface area contributed by atoms with Gasteiger partial charge in [-0.25, -0.2) is 8.42 Å². The number of sulfonamides is 1. The molecule has 0 aromatic heterocycles. The first-order valence-corrected chi connectivity index (χ1v) is 12.2. The lowest BCUT2D eigenvalue weighted by Gasteiger charge is -2.34. The number of carbonyl (C=O) groups excluding carboxylic acids is 1. The minimum Gasteiger partial charge on any atom is -0.353 e. The van der Waals surface area contributed by atoms with Gasteiger partial charge in [-0.3, -0.25) is 4.79 Å². The number of nitrogens with one attached hydrogen (secondary N) is 1. The first-order chi connectivity index (χ1) is 13.4. The van der Waals surface area contributed by atoms with Crippen molar-refractivity contribution in [2.45, 2.75) is 76.2 Å². The monoisotopic (exact) mass is 406 g/mol. The highest BCUT2D eigenvalue weighted by atomic mass is 32.2. The molecular weight excluding hydrogens is 372 g/mol. The summed E-state index contributed by atoms with van der Waals surface area (Å²) in [4.78, 5) is 12.7. The van der Waals surface area contributed by atoms with E-state index in [0.29, 0.717) is 42.7 Å². The molecule has 3 atom stereocenters. The Hall–Kier alpha value is -1.40. The Morgan fingerprint density at radius 1 is 1.04 bits per heavy atom. The average molecular weight is 407 g/mol. The lowest BCUT2D eigenvalue weighted by atomic mass is 9.78. The third-order valence-electron chi connectivity index (χ3n) is 6.57. The summed E-state index contributed by atoms with van der Waals surface area (Å²) in [5.74, 6) is 1.28. The molecule has 0 bridgehead atoms. The molecule has 1 heterocycles. The van der Waals surface area contributed by atoms with E-state index in [1.807, 2.05) is 12.1 Å². The standard InChI is InChI=1S/C22H34N2O3S/c1-17-7-6-8-21(18(17)2)23-22(25)14-11-19-9-12-20(13-10-19)28(26,27)24-15-4-3-5-16-24/h9-10,12-13,17-18,21H,3-8,11,14-16H2,1-2H3,(H,23,25)/t17-,18+,21+/m1/s1. The lowest BCUT2D eigenvalue weighted by Crippen LogP contribution is -2.43. The first kappa shape index (κ1) is 21.3. The second kappa shape index (κ2) is 9.40. The fourth-order valence-corrected chi connectivity index (χ4v) is 5.92. The van der Waals surface area contributed by atoms with Crippen molar-refractivity contribution in [3.05, 3.63) is 29.8 Å². The van der Waals surface area contributed by atoms with Crippen LogP contribution in [0.2, 0.25) is 0 Å². The molecule has 1 aromatic carbocycles. The van der Waals surface area contributed by atoms with Crippen LogP contribution in [0.1, 0.15) is 64.4 Å². The highest BCUT2D eigenvalue weighted by Crippen LogP contribution is 2.29. The molecule has 1 N–H and O–H groups in total. The van der Waals surface area contributed by atoms with E-state index in [1.165, 1.54) is 12.8 Å². The van der Waals surface area contributed by atoms with Crippen LogP contribution in [0.25, 0.3) is 0 Å². The molecule has 2 aliphatic rings. The molecule has 1 aliphatic heterocycles. The van der Waals surface area contributed by atoms with Crippen molar-refractivity contribution in [1.29, 1.82) is 0 Å². The van der Waals surface area contributed by atoms with Gasteiger partial charge in [0.25, 0.3) is 0 Å². The summed E-state index contributed by atoms with van der Waals surface area (Å²) in [6, 6.07) is 7.34. The topological polar surface area (TPSA) is 66.5 Å². The van der Waals surface area contributed by atoms with Crippen molar-refractivity contribution in [1.82, 2.24) is 9.62 Å². The Bertz CT molecular complexity index is 754. The van der Waals surface area contributed by atoms with Crippen LogP contribution in [0.5, 0.6) is 0 Å². The molecule has 2 fully saturated rings. The number of amides is 1. The summed E-state index contributed by atoms with van der Waals surface area (Å²) in [7, 11) is -3.39. The van der Waals surface area contributed by atoms with Gasteiger partial charge in [0.2, 0.25) is 15.9 Å². The summed E-state index contributed by atoms with van der Waals surface area (Å²) in [5.41, 5.74) is 0.998. The second-order valence-electron chi connectivity index (χ2n) is 8.55. The number of piperidine rings is 1. The van der Waals surface area contributed by atoms with Gasteiger partial charge >= 0.3 is 0 Å². The highest BCUT2D eigenvalue weighted by molar-refractivity contribution is 7.89. The fraction of sp³-hybridized carbons (Fsp3) is 0.682. The Morgan fingerprint density at radius 3 is 2.39 bits per heavy atom. The average Bonchev–Trinajstić information content (AvgIpc) is 2.71. The zero-order chi connectivity index (χ0) is 20.1. The van der Waals surface area contributed by atoms with Crippen molar-refractivity contribution in [3.8, 4) is 0 Å². The maximum absolute atomic E-state index is 12.7. The largest absolute Gasteiger partial charge is 0.353 e. The maximum Gasteiger partial charge on any atom is 0.243 e. The van der Waals surface area contributed by atoms with Crippen LogP contribution < -0.4 is 5.32 Å². The molecule has 5 nitrogen and oxygen atoms in total. The third-order valence-corrected chi connectivity index (χ3v) is 8.48. The van der Waals surface area contributed by atoms with Crippen molar-refractivity contribution in [2.24, 2.45) is 11.8 Å². The van der Waals surface area contributed by atoms with E-state index in [0.717, 1.165) is 31.2 Å². The molecule has 0 unspecified atom stereocenters. The lowest BCUT2D eigenvalue weighted by molar-refractivity contribution is -0.122. The Kier molecular flexibility index (Phi) is 7.15. The van der Waals surface area contributed by atoms with Crippen molar-refractivity contribution in [3.63, 3.8) is 0 Å². The molecule has 1 saturated carbocycles. The molecule has 3 rings (SSSR count). The SMILES string of the molecule is C[C@H]1[C@H](C)CCC[C@@H]1NC(=O)CCc1ccc(S(=O)(=O)N2CCCCC2)cc1. The normalized spacial score (nSPS) is 26.7. The third kappa shape index (κ3) is 5.15. The zero-order valence-corrected chi connectivity index (χ0v) is 18.0. The van der Waals surface area contributed by atoms with Crippen molar-refractivity contribution < 1.29 is 13.2 Å². The Balaban J connectivity index is 1.52. The van der Waals surface area contributed by atoms with Gasteiger partial charge in [0.05, 0.1) is 4.90 Å². The second-order valence-corrected chi connectivity index (χ2v) is 10.5. The predicted molar refractivity (Wildman–Crippen MR) is 111 cm³/mol. The molecule has 156 valence electrons. The summed E-state index contributed by atoms with van der Waals surface area (Å²) < 4.78 is 27.0. The molecule has 1 saturated heterocycles. The molecule has 1 aromatic rings. The van der Waals surface area contributed by atoms with Crippen LogP contribution in [0.4, 0.5) is 0 Å². The number of hydrogen-bond donors (Lipinski definition) is 1. The molecule has 0 radical (unpaired) electrons. The molecule has 1 amide bonds. The number of nitrogens with zero attached hydrogens (tertiary/aromatic N) is 1. The van der Waals surface area contributed by atoms with Crippen LogP contribution in [-0.2, 0) is 21.2 Å². The van der Waals surface area contributed by atoms with Crippen LogP contribution in [0, 0.1) is 11.8 Å². The minimum absolute atomic E-state index is 0.0935. The van der Waals surface area contributed by atoms with Crippen molar-refractivity contribution in [2.75, 3.05) is 13.1 Å². The van der Waals surface area contributed by atoms with Gasteiger partial charge in [-0.1, -0.05) is 45.2 Å². The van der Waals surface area contributed by atoms with Gasteiger partial charge in [0.1, 0.15) is 0 Å². The van der Waals surface area contributed by atoms with Crippen LogP contribution in [0.3, 0.4) is 0 Å². The van der Waals surface area contributed by atoms with E-state index in [1.54, 1.807) is 16.4 Å². The Morgan fingerprint density at radius 2 is 1.71 bits per heavy atom. The van der Waals surface area contributed by atoms with Crippen molar-refractivity contribution >= 4 is 15.9 Å². The maximum atomic E-state index is 12.7. The fourth-order valence-electron chi connectivity index (χ4n) is 4.40. The molecule has 6 heteroatoms. The molecule has 28 heavy (non-hydrogen) atoms. The van der Waals surface area contributed by atoms with E-state index in [9.17, 15) is 13.2 Å². The van der Waals surface area contributed by atoms with Gasteiger partial charge in [-0.15, -0.1) is 0 Å². The van der Waals surface area contributed by atoms with E-state index in [-0.39, 0.29) is 11.9 Å². The number of hydrogen-bond acceptors (Lipinski definition) is 3. The number of benzene rings is 1. The minimum atomic E-state index is -3.39. The number of carbonyl (C=O) groups is 1. The number of aryl methyl sites for hydroxylation is 1. The van der Waals surface area contributed by atoms with Gasteiger partial charge in [0.15, 0.2) is 0 Å². The van der Waals surface area contributed by atoms with E-state index in [4.69, 9.17) is 0 Å². The molecule has 1 aliphatic carbocycles. The summed E-state index contributed by atoms with van der Waals surface area (Å²) in [6.07, 6.45) is 7.55. The van der Waals surface area contributed by atoms with Crippen LogP contribution >= 0.6 is 0 Å². The zero-order valence-electron chi connectivity index (χ0n) is 17.2. The molecule has 0 spiro atoms. The predicted octanol–water partition coefficient (Wildman–Crippen LogP) is 3.73. The summed E-state index contributed by atoms with van der Waals surface area (Å²) in [6.45, 7) is 5.73. The van der Waals surface area contributed by atoms with Gasteiger partial charge in [-0.05, 0) is 55.2 Å². The summed E-state index contributed by atoms with van der Waals surface area (Å²) >= 11 is 0. The molecular formula is C22H34N2O3S. The highest BCUT2D eigenvalue weighted by Gasteiger charge is 2.28. The first-order valence-electron chi connectivity index (χ1n) is 10.8. The van der Waals surface area contributed by atoms with Crippen LogP contribution in [-0.4, -0.2) is 37.8 Å². The van der Waals surface area contributed by atoms with E-state index in [2.05, 4.69) is 19.2 Å². The van der Waals surface area contributed by atoms with Gasteiger partial charge in [0, 0.05) is 25.6 Å². The van der Waals surface area contributed by atoms with Gasteiger partial charge < -0.3 is 5.32 Å². The summed E-state index contributed by atoms with van der Waals surface area (Å²) in [5, 5.41) is 3.21.